The molecule has 0 radical (unpaired) electrons. The molecule has 5 heteroatoms. The van der Waals surface area contributed by atoms with Gasteiger partial charge in [0.15, 0.2) is 0 Å². The van der Waals surface area contributed by atoms with Crippen LogP contribution in [-0.4, -0.2) is 37.1 Å². The Balaban J connectivity index is 1.57. The number of nitrogens with one attached hydrogen (secondary N) is 2. The minimum Gasteiger partial charge on any atom is -0.365 e. The molecule has 0 unspecified atom stereocenters. The molecule has 2 amide bonds. The van der Waals surface area contributed by atoms with Crippen molar-refractivity contribution in [3.63, 3.8) is 0 Å². The van der Waals surface area contributed by atoms with Crippen LogP contribution in [0.3, 0.4) is 0 Å². The summed E-state index contributed by atoms with van der Waals surface area (Å²) in [7, 11) is 0. The van der Waals surface area contributed by atoms with E-state index in [0.29, 0.717) is 19.0 Å². The molecule has 0 heterocycles. The topological polar surface area (TPSA) is 67.4 Å². The second-order valence-corrected chi connectivity index (χ2v) is 7.24. The van der Waals surface area contributed by atoms with Crippen molar-refractivity contribution in [2.24, 2.45) is 11.8 Å². The number of ether oxygens (including phenoxy) is 1. The monoisotopic (exact) mass is 324 g/mol. The molecule has 0 aromatic rings. The van der Waals surface area contributed by atoms with Crippen molar-refractivity contribution < 1.29 is 14.3 Å². The van der Waals surface area contributed by atoms with Gasteiger partial charge in [0.2, 0.25) is 11.8 Å². The first-order valence-corrected chi connectivity index (χ1v) is 9.27. The smallest absolute Gasteiger partial charge is 0.248 e. The Morgan fingerprint density at radius 3 is 2.43 bits per heavy atom. The van der Waals surface area contributed by atoms with Crippen LogP contribution in [0.5, 0.6) is 0 Å². The summed E-state index contributed by atoms with van der Waals surface area (Å²) in [5.41, 5.74) is 0. The molecule has 2 aliphatic carbocycles. The van der Waals surface area contributed by atoms with Crippen molar-refractivity contribution in [2.75, 3.05) is 13.1 Å². The Labute approximate surface area is 139 Å². The number of carbonyl (C=O) groups excluding carboxylic acids is 2. The third kappa shape index (κ3) is 6.13. The van der Waals surface area contributed by atoms with Gasteiger partial charge in [-0.15, -0.1) is 0 Å². The van der Waals surface area contributed by atoms with E-state index in [0.717, 1.165) is 38.5 Å². The highest BCUT2D eigenvalue weighted by atomic mass is 16.5. The fourth-order valence-electron chi connectivity index (χ4n) is 3.70. The van der Waals surface area contributed by atoms with Crippen LogP contribution in [0.4, 0.5) is 0 Å². The van der Waals surface area contributed by atoms with Crippen LogP contribution in [-0.2, 0) is 14.3 Å². The number of amides is 2. The van der Waals surface area contributed by atoms with Gasteiger partial charge in [0.1, 0.15) is 6.10 Å². The maximum atomic E-state index is 12.1. The normalized spacial score (nSPS) is 26.7. The molecule has 2 aliphatic rings. The largest absolute Gasteiger partial charge is 0.365 e. The second kappa shape index (κ2) is 9.26. The summed E-state index contributed by atoms with van der Waals surface area (Å²) >= 11 is 0. The SMILES string of the molecule is C[C@@H]1CCC[C@@H](O[C@H](C)C(=O)NCCNC(=O)C2CCCC2)C1. The molecule has 0 aromatic carbocycles. The number of carbonyl (C=O) groups is 2. The van der Waals surface area contributed by atoms with Crippen molar-refractivity contribution in [3.05, 3.63) is 0 Å². The molecule has 2 fully saturated rings. The average molecular weight is 324 g/mol. The van der Waals surface area contributed by atoms with E-state index in [4.69, 9.17) is 4.74 Å². The van der Waals surface area contributed by atoms with Crippen LogP contribution in [0.15, 0.2) is 0 Å². The molecule has 0 aliphatic heterocycles. The standard InChI is InChI=1S/C18H32N2O3/c1-13-6-5-9-16(12-13)23-14(2)17(21)19-10-11-20-18(22)15-7-3-4-8-15/h13-16H,3-12H2,1-2H3,(H,19,21)(H,20,22)/t13-,14-,16-/m1/s1. The Bertz CT molecular complexity index is 394. The van der Waals surface area contributed by atoms with Crippen molar-refractivity contribution in [3.8, 4) is 0 Å². The van der Waals surface area contributed by atoms with E-state index in [1.807, 2.05) is 6.92 Å². The summed E-state index contributed by atoms with van der Waals surface area (Å²) in [5.74, 6) is 0.923. The Hall–Kier alpha value is -1.10. The Kier molecular flexibility index (Phi) is 7.34. The van der Waals surface area contributed by atoms with E-state index in [1.54, 1.807) is 0 Å². The molecule has 0 bridgehead atoms. The van der Waals surface area contributed by atoms with Crippen molar-refractivity contribution >= 4 is 11.8 Å². The number of rotatable bonds is 7. The van der Waals surface area contributed by atoms with E-state index >= 15 is 0 Å². The van der Waals surface area contributed by atoms with Gasteiger partial charge in [0.05, 0.1) is 6.10 Å². The summed E-state index contributed by atoms with van der Waals surface area (Å²) in [4.78, 5) is 23.9. The molecular formula is C18H32N2O3. The highest BCUT2D eigenvalue weighted by molar-refractivity contribution is 5.81. The predicted octanol–water partition coefficient (Wildman–Crippen LogP) is 2.39. The van der Waals surface area contributed by atoms with Crippen LogP contribution in [0.25, 0.3) is 0 Å². The summed E-state index contributed by atoms with van der Waals surface area (Å²) in [6.45, 7) is 5.01. The summed E-state index contributed by atoms with van der Waals surface area (Å²) in [5, 5.41) is 5.76. The molecule has 2 N–H and O–H groups in total. The van der Waals surface area contributed by atoms with Crippen LogP contribution in [0.2, 0.25) is 0 Å². The van der Waals surface area contributed by atoms with Crippen LogP contribution in [0, 0.1) is 11.8 Å². The zero-order valence-corrected chi connectivity index (χ0v) is 14.6. The van der Waals surface area contributed by atoms with Gasteiger partial charge >= 0.3 is 0 Å². The molecule has 0 spiro atoms. The lowest BCUT2D eigenvalue weighted by Gasteiger charge is -2.29. The predicted molar refractivity (Wildman–Crippen MR) is 89.9 cm³/mol. The quantitative estimate of drug-likeness (QED) is 0.707. The fraction of sp³-hybridized carbons (Fsp3) is 0.889. The van der Waals surface area contributed by atoms with Crippen molar-refractivity contribution in [1.82, 2.24) is 10.6 Å². The number of hydrogen-bond donors (Lipinski definition) is 2. The first-order valence-electron chi connectivity index (χ1n) is 9.27. The molecular weight excluding hydrogens is 292 g/mol. The van der Waals surface area contributed by atoms with Gasteiger partial charge in [-0.25, -0.2) is 0 Å². The maximum Gasteiger partial charge on any atom is 0.248 e. The zero-order valence-electron chi connectivity index (χ0n) is 14.6. The highest BCUT2D eigenvalue weighted by Gasteiger charge is 2.24. The summed E-state index contributed by atoms with van der Waals surface area (Å²) in [6.07, 6.45) is 8.67. The van der Waals surface area contributed by atoms with Crippen LogP contribution in [0.1, 0.15) is 65.2 Å². The first kappa shape index (κ1) is 18.2. The molecule has 0 aromatic heterocycles. The molecule has 3 atom stereocenters. The van der Waals surface area contributed by atoms with Gasteiger partial charge in [0, 0.05) is 19.0 Å². The molecule has 2 saturated carbocycles. The molecule has 0 saturated heterocycles. The molecule has 132 valence electrons. The molecule has 23 heavy (non-hydrogen) atoms. The van der Waals surface area contributed by atoms with Gasteiger partial charge in [0.25, 0.3) is 0 Å². The van der Waals surface area contributed by atoms with Gasteiger partial charge < -0.3 is 15.4 Å². The van der Waals surface area contributed by atoms with E-state index < -0.39 is 6.10 Å². The van der Waals surface area contributed by atoms with Gasteiger partial charge in [-0.2, -0.15) is 0 Å². The van der Waals surface area contributed by atoms with E-state index in [9.17, 15) is 9.59 Å². The van der Waals surface area contributed by atoms with Gasteiger partial charge in [-0.3, -0.25) is 9.59 Å². The number of hydrogen-bond acceptors (Lipinski definition) is 3. The van der Waals surface area contributed by atoms with E-state index in [2.05, 4.69) is 17.6 Å². The summed E-state index contributed by atoms with van der Waals surface area (Å²) in [6, 6.07) is 0. The lowest BCUT2D eigenvalue weighted by molar-refractivity contribution is -0.137. The third-order valence-electron chi connectivity index (χ3n) is 5.10. The lowest BCUT2D eigenvalue weighted by Crippen LogP contribution is -2.42. The van der Waals surface area contributed by atoms with E-state index in [-0.39, 0.29) is 23.8 Å². The highest BCUT2D eigenvalue weighted by Crippen LogP contribution is 2.26. The summed E-state index contributed by atoms with van der Waals surface area (Å²) < 4.78 is 5.88. The maximum absolute atomic E-state index is 12.1. The van der Waals surface area contributed by atoms with Crippen LogP contribution >= 0.6 is 0 Å². The van der Waals surface area contributed by atoms with Crippen molar-refractivity contribution in [1.29, 1.82) is 0 Å². The lowest BCUT2D eigenvalue weighted by atomic mass is 9.88. The molecule has 5 nitrogen and oxygen atoms in total. The van der Waals surface area contributed by atoms with Crippen LogP contribution < -0.4 is 10.6 Å². The molecule has 2 rings (SSSR count). The Morgan fingerprint density at radius 1 is 1.04 bits per heavy atom. The van der Waals surface area contributed by atoms with Gasteiger partial charge in [-0.1, -0.05) is 32.6 Å². The second-order valence-electron chi connectivity index (χ2n) is 7.24. The minimum absolute atomic E-state index is 0.0849. The zero-order chi connectivity index (χ0) is 16.7. The average Bonchev–Trinajstić information content (AvgIpc) is 3.05. The van der Waals surface area contributed by atoms with Crippen molar-refractivity contribution in [2.45, 2.75) is 77.4 Å². The Morgan fingerprint density at radius 2 is 1.74 bits per heavy atom. The first-order chi connectivity index (χ1) is 11.1. The minimum atomic E-state index is -0.421. The van der Waals surface area contributed by atoms with Gasteiger partial charge in [-0.05, 0) is 38.5 Å². The fourth-order valence-corrected chi connectivity index (χ4v) is 3.70. The van der Waals surface area contributed by atoms with E-state index in [1.165, 1.54) is 12.8 Å². The third-order valence-corrected chi connectivity index (χ3v) is 5.10.